The number of benzene rings is 1. The Kier molecular flexibility index (Phi) is 5.09. The van der Waals surface area contributed by atoms with E-state index in [0.29, 0.717) is 19.0 Å². The van der Waals surface area contributed by atoms with E-state index in [-0.39, 0.29) is 5.02 Å². The number of hydrogen-bond acceptors (Lipinski definition) is 3. The van der Waals surface area contributed by atoms with Crippen molar-refractivity contribution in [3.8, 4) is 0 Å². The Bertz CT molecular complexity index is 568. The van der Waals surface area contributed by atoms with Gasteiger partial charge in [0, 0.05) is 0 Å². The van der Waals surface area contributed by atoms with Crippen LogP contribution in [0, 0.1) is 11.7 Å². The van der Waals surface area contributed by atoms with Crippen molar-refractivity contribution in [3.63, 3.8) is 0 Å². The minimum atomic E-state index is -0.413. The highest BCUT2D eigenvalue weighted by atomic mass is 35.5. The number of aromatic nitrogens is 3. The molecule has 0 saturated heterocycles. The Hall–Kier alpha value is -1.46. The number of halogens is 2. The third-order valence-corrected chi connectivity index (χ3v) is 3.15. The van der Waals surface area contributed by atoms with Crippen LogP contribution in [-0.2, 0) is 13.1 Å². The maximum absolute atomic E-state index is 13.4. The van der Waals surface area contributed by atoms with Crippen LogP contribution in [0.5, 0.6) is 0 Å². The third kappa shape index (κ3) is 4.02. The van der Waals surface area contributed by atoms with Crippen molar-refractivity contribution in [1.29, 1.82) is 0 Å². The van der Waals surface area contributed by atoms with E-state index in [1.807, 2.05) is 0 Å². The van der Waals surface area contributed by atoms with Crippen molar-refractivity contribution in [3.05, 3.63) is 46.8 Å². The van der Waals surface area contributed by atoms with Crippen LogP contribution in [0.2, 0.25) is 5.02 Å². The maximum atomic E-state index is 13.4. The van der Waals surface area contributed by atoms with E-state index in [0.717, 1.165) is 17.9 Å². The van der Waals surface area contributed by atoms with Crippen LogP contribution in [0.4, 0.5) is 4.39 Å². The molecule has 0 amide bonds. The number of nitrogens with zero attached hydrogens (tertiary/aromatic N) is 3. The van der Waals surface area contributed by atoms with Crippen LogP contribution in [0.3, 0.4) is 0 Å². The van der Waals surface area contributed by atoms with Crippen molar-refractivity contribution < 1.29 is 4.39 Å². The molecule has 6 heteroatoms. The highest BCUT2D eigenvalue weighted by molar-refractivity contribution is 6.30. The lowest BCUT2D eigenvalue weighted by Gasteiger charge is -2.09. The molecule has 0 radical (unpaired) electrons. The summed E-state index contributed by atoms with van der Waals surface area (Å²) >= 11 is 5.67. The predicted molar refractivity (Wildman–Crippen MR) is 77.1 cm³/mol. The zero-order valence-electron chi connectivity index (χ0n) is 11.6. The molecule has 0 unspecified atom stereocenters. The zero-order valence-corrected chi connectivity index (χ0v) is 12.4. The fourth-order valence-corrected chi connectivity index (χ4v) is 1.96. The Morgan fingerprint density at radius 1 is 1.40 bits per heavy atom. The van der Waals surface area contributed by atoms with Crippen molar-refractivity contribution in [1.82, 2.24) is 20.1 Å². The van der Waals surface area contributed by atoms with E-state index in [4.69, 9.17) is 11.6 Å². The Labute approximate surface area is 123 Å². The van der Waals surface area contributed by atoms with Gasteiger partial charge in [-0.1, -0.05) is 31.5 Å². The quantitative estimate of drug-likeness (QED) is 0.891. The first-order valence-electron chi connectivity index (χ1n) is 6.57. The molecule has 0 saturated carbocycles. The predicted octanol–water partition coefficient (Wildman–Crippen LogP) is 2.86. The molecule has 0 fully saturated rings. The molecule has 20 heavy (non-hydrogen) atoms. The molecule has 2 aromatic rings. The van der Waals surface area contributed by atoms with Crippen LogP contribution in [0.1, 0.15) is 25.2 Å². The minimum Gasteiger partial charge on any atom is -0.310 e. The first-order chi connectivity index (χ1) is 9.56. The smallest absolute Gasteiger partial charge is 0.142 e. The van der Waals surface area contributed by atoms with E-state index >= 15 is 0 Å². The molecule has 0 aliphatic carbocycles. The van der Waals surface area contributed by atoms with E-state index in [2.05, 4.69) is 29.2 Å². The highest BCUT2D eigenvalue weighted by Crippen LogP contribution is 2.16. The summed E-state index contributed by atoms with van der Waals surface area (Å²) in [5.41, 5.74) is 0.808. The molecule has 1 N–H and O–H groups in total. The molecule has 0 aliphatic heterocycles. The molecular formula is C14H18ClFN4. The lowest BCUT2D eigenvalue weighted by Crippen LogP contribution is -2.22. The maximum Gasteiger partial charge on any atom is 0.142 e. The van der Waals surface area contributed by atoms with Gasteiger partial charge in [-0.25, -0.2) is 14.1 Å². The monoisotopic (exact) mass is 296 g/mol. The van der Waals surface area contributed by atoms with Gasteiger partial charge in [0.1, 0.15) is 18.0 Å². The molecule has 0 aliphatic rings. The topological polar surface area (TPSA) is 42.7 Å². The van der Waals surface area contributed by atoms with Gasteiger partial charge in [0.25, 0.3) is 0 Å². The molecule has 1 heterocycles. The molecule has 0 bridgehead atoms. The van der Waals surface area contributed by atoms with Gasteiger partial charge >= 0.3 is 0 Å². The molecule has 1 aromatic carbocycles. The lowest BCUT2D eigenvalue weighted by molar-refractivity contribution is 0.523. The zero-order chi connectivity index (χ0) is 14.5. The molecule has 1 aromatic heterocycles. The first kappa shape index (κ1) is 14.9. The average molecular weight is 297 g/mol. The normalized spacial score (nSPS) is 11.2. The van der Waals surface area contributed by atoms with Crippen molar-refractivity contribution in [2.75, 3.05) is 6.54 Å². The van der Waals surface area contributed by atoms with E-state index in [1.54, 1.807) is 16.8 Å². The summed E-state index contributed by atoms with van der Waals surface area (Å²) in [4.78, 5) is 4.22. The number of nitrogens with one attached hydrogen (secondary N) is 1. The van der Waals surface area contributed by atoms with Crippen molar-refractivity contribution in [2.45, 2.75) is 26.9 Å². The fourth-order valence-electron chi connectivity index (χ4n) is 1.84. The summed E-state index contributed by atoms with van der Waals surface area (Å²) in [5.74, 6) is 1.00. The van der Waals surface area contributed by atoms with E-state index < -0.39 is 5.82 Å². The number of rotatable bonds is 6. The SMILES string of the molecule is CC(C)CNCc1ncnn1Cc1ccc(Cl)c(F)c1. The Balaban J connectivity index is 2.02. The largest absolute Gasteiger partial charge is 0.310 e. The van der Waals surface area contributed by atoms with Gasteiger partial charge < -0.3 is 5.32 Å². The lowest BCUT2D eigenvalue weighted by atomic mass is 10.2. The Morgan fingerprint density at radius 2 is 2.20 bits per heavy atom. The summed E-state index contributed by atoms with van der Waals surface area (Å²) in [7, 11) is 0. The molecular weight excluding hydrogens is 279 g/mol. The average Bonchev–Trinajstić information content (AvgIpc) is 2.81. The molecule has 4 nitrogen and oxygen atoms in total. The standard InChI is InChI=1S/C14H18ClFN4/c1-10(2)6-17-7-14-18-9-19-20(14)8-11-3-4-12(15)13(16)5-11/h3-5,9-10,17H,6-8H2,1-2H3. The summed E-state index contributed by atoms with van der Waals surface area (Å²) in [6, 6.07) is 4.77. The summed E-state index contributed by atoms with van der Waals surface area (Å²) in [6.07, 6.45) is 1.51. The Morgan fingerprint density at radius 3 is 2.90 bits per heavy atom. The second kappa shape index (κ2) is 6.81. The molecule has 2 rings (SSSR count). The summed E-state index contributed by atoms with van der Waals surface area (Å²) < 4.78 is 15.2. The number of hydrogen-bond donors (Lipinski definition) is 1. The fraction of sp³-hybridized carbons (Fsp3) is 0.429. The third-order valence-electron chi connectivity index (χ3n) is 2.85. The minimum absolute atomic E-state index is 0.131. The van der Waals surface area contributed by atoms with Gasteiger partial charge in [0.15, 0.2) is 0 Å². The van der Waals surface area contributed by atoms with Crippen LogP contribution < -0.4 is 5.32 Å². The van der Waals surface area contributed by atoms with Gasteiger partial charge in [-0.05, 0) is 30.2 Å². The van der Waals surface area contributed by atoms with E-state index in [9.17, 15) is 4.39 Å². The van der Waals surface area contributed by atoms with Gasteiger partial charge in [0.2, 0.25) is 0 Å². The van der Waals surface area contributed by atoms with Crippen LogP contribution in [0.25, 0.3) is 0 Å². The second-order valence-electron chi connectivity index (χ2n) is 5.11. The molecule has 0 atom stereocenters. The second-order valence-corrected chi connectivity index (χ2v) is 5.51. The van der Waals surface area contributed by atoms with Gasteiger partial charge in [-0.15, -0.1) is 0 Å². The van der Waals surface area contributed by atoms with Gasteiger partial charge in [-0.3, -0.25) is 0 Å². The summed E-state index contributed by atoms with van der Waals surface area (Å²) in [6.45, 7) is 6.34. The van der Waals surface area contributed by atoms with Crippen LogP contribution >= 0.6 is 11.6 Å². The highest BCUT2D eigenvalue weighted by Gasteiger charge is 2.07. The van der Waals surface area contributed by atoms with E-state index in [1.165, 1.54) is 12.4 Å². The van der Waals surface area contributed by atoms with Crippen molar-refractivity contribution >= 4 is 11.6 Å². The first-order valence-corrected chi connectivity index (χ1v) is 6.95. The van der Waals surface area contributed by atoms with Crippen LogP contribution in [-0.4, -0.2) is 21.3 Å². The van der Waals surface area contributed by atoms with Gasteiger partial charge in [0.05, 0.1) is 18.1 Å². The molecule has 108 valence electrons. The van der Waals surface area contributed by atoms with Crippen LogP contribution in [0.15, 0.2) is 24.5 Å². The summed E-state index contributed by atoms with van der Waals surface area (Å²) in [5, 5.41) is 7.62. The van der Waals surface area contributed by atoms with Gasteiger partial charge in [-0.2, -0.15) is 5.10 Å². The molecule has 0 spiro atoms. The van der Waals surface area contributed by atoms with Crippen molar-refractivity contribution in [2.24, 2.45) is 5.92 Å².